The van der Waals surface area contributed by atoms with Gasteiger partial charge in [0, 0.05) is 37.1 Å². The smallest absolute Gasteiger partial charge is 0.244 e. The van der Waals surface area contributed by atoms with E-state index in [0.717, 1.165) is 39.0 Å². The number of hydrogen-bond acceptors (Lipinski definition) is 6. The summed E-state index contributed by atoms with van der Waals surface area (Å²) in [5, 5.41) is 13.1. The molecule has 0 atom stereocenters. The number of carbonyl (C=O) groups excluding carboxylic acids is 1. The summed E-state index contributed by atoms with van der Waals surface area (Å²) < 4.78 is 1.48. The third-order valence-electron chi connectivity index (χ3n) is 4.86. The van der Waals surface area contributed by atoms with Crippen LogP contribution in [0, 0.1) is 0 Å². The lowest BCUT2D eigenvalue weighted by Crippen LogP contribution is -2.48. The molecule has 0 radical (unpaired) electrons. The summed E-state index contributed by atoms with van der Waals surface area (Å²) in [7, 11) is 0. The van der Waals surface area contributed by atoms with Crippen LogP contribution < -0.4 is 0 Å². The molecule has 4 rings (SSSR count). The van der Waals surface area contributed by atoms with Crippen molar-refractivity contribution in [3.8, 4) is 0 Å². The molecule has 2 aromatic heterocycles. The Hall–Kier alpha value is -1.80. The van der Waals surface area contributed by atoms with Gasteiger partial charge in [-0.2, -0.15) is 0 Å². The summed E-state index contributed by atoms with van der Waals surface area (Å²) in [6, 6.07) is 2.86. The third kappa shape index (κ3) is 3.13. The average molecular weight is 332 g/mol. The van der Waals surface area contributed by atoms with Crippen LogP contribution in [0.4, 0.5) is 0 Å². The van der Waals surface area contributed by atoms with Gasteiger partial charge in [0.1, 0.15) is 12.9 Å². The van der Waals surface area contributed by atoms with Gasteiger partial charge in [-0.15, -0.1) is 16.4 Å². The molecule has 0 saturated carbocycles. The van der Waals surface area contributed by atoms with Crippen molar-refractivity contribution >= 4 is 17.2 Å². The highest BCUT2D eigenvalue weighted by atomic mass is 32.1. The molecule has 1 saturated heterocycles. The molecular weight excluding hydrogens is 312 g/mol. The van der Waals surface area contributed by atoms with E-state index in [1.807, 2.05) is 16.2 Å². The lowest BCUT2D eigenvalue weighted by molar-refractivity contribution is -0.133. The van der Waals surface area contributed by atoms with Crippen LogP contribution in [0.5, 0.6) is 0 Å². The average Bonchev–Trinajstić information content (AvgIpc) is 3.25. The van der Waals surface area contributed by atoms with Crippen molar-refractivity contribution in [1.82, 2.24) is 30.0 Å². The number of amides is 1. The maximum atomic E-state index is 12.3. The molecule has 0 spiro atoms. The molecule has 1 amide bonds. The Labute approximate surface area is 138 Å². The zero-order valence-electron chi connectivity index (χ0n) is 13.0. The predicted molar refractivity (Wildman–Crippen MR) is 85.9 cm³/mol. The fourth-order valence-corrected chi connectivity index (χ4v) is 4.44. The number of aromatic nitrogens is 4. The largest absolute Gasteiger partial charge is 0.341 e. The molecule has 2 aliphatic heterocycles. The summed E-state index contributed by atoms with van der Waals surface area (Å²) in [6.45, 7) is 4.12. The zero-order chi connectivity index (χ0) is 15.6. The van der Waals surface area contributed by atoms with Gasteiger partial charge in [-0.05, 0) is 46.7 Å². The van der Waals surface area contributed by atoms with Gasteiger partial charge in [0.2, 0.25) is 5.91 Å². The molecule has 7 nitrogen and oxygen atoms in total. The van der Waals surface area contributed by atoms with Crippen molar-refractivity contribution < 1.29 is 4.79 Å². The van der Waals surface area contributed by atoms with E-state index in [-0.39, 0.29) is 12.5 Å². The first-order valence-electron chi connectivity index (χ1n) is 8.07. The van der Waals surface area contributed by atoms with Gasteiger partial charge in [-0.1, -0.05) is 0 Å². The topological polar surface area (TPSA) is 67.2 Å². The molecule has 2 aliphatic rings. The van der Waals surface area contributed by atoms with Gasteiger partial charge < -0.3 is 4.90 Å². The Morgan fingerprint density at radius 1 is 1.30 bits per heavy atom. The number of hydrogen-bond donors (Lipinski definition) is 0. The standard InChI is InChI=1S/C15H20N6OS/c22-15(10-21-11-16-17-18-21)19-5-1-13(2-6-19)20-7-3-14-12(9-20)4-8-23-14/h4,8,11,13H,1-3,5-7,9-10H2. The van der Waals surface area contributed by atoms with Crippen LogP contribution in [-0.4, -0.2) is 61.6 Å². The second-order valence-electron chi connectivity index (χ2n) is 6.21. The number of nitrogens with zero attached hydrogens (tertiary/aromatic N) is 6. The van der Waals surface area contributed by atoms with Crippen molar-refractivity contribution in [3.05, 3.63) is 28.2 Å². The SMILES string of the molecule is O=C(Cn1cnnn1)N1CCC(N2CCc3sccc3C2)CC1. The Bertz CT molecular complexity index is 661. The molecule has 2 aromatic rings. The summed E-state index contributed by atoms with van der Waals surface area (Å²) in [4.78, 5) is 18.4. The normalized spacial score (nSPS) is 19.7. The fourth-order valence-electron chi connectivity index (χ4n) is 3.55. The Balaban J connectivity index is 1.30. The molecule has 122 valence electrons. The maximum Gasteiger partial charge on any atom is 0.244 e. The van der Waals surface area contributed by atoms with Gasteiger partial charge in [0.25, 0.3) is 0 Å². The zero-order valence-corrected chi connectivity index (χ0v) is 13.8. The quantitative estimate of drug-likeness (QED) is 0.831. The summed E-state index contributed by atoms with van der Waals surface area (Å²) >= 11 is 1.88. The number of rotatable bonds is 3. The van der Waals surface area contributed by atoms with E-state index >= 15 is 0 Å². The molecule has 8 heteroatoms. The molecule has 0 aromatic carbocycles. The van der Waals surface area contributed by atoms with E-state index in [9.17, 15) is 4.79 Å². The number of fused-ring (bicyclic) bond motifs is 1. The Morgan fingerprint density at radius 3 is 2.96 bits per heavy atom. The van der Waals surface area contributed by atoms with Gasteiger partial charge in [0.05, 0.1) is 0 Å². The van der Waals surface area contributed by atoms with E-state index in [1.54, 1.807) is 4.88 Å². The molecule has 0 bridgehead atoms. The molecule has 0 aliphatic carbocycles. The highest BCUT2D eigenvalue weighted by molar-refractivity contribution is 7.10. The van der Waals surface area contributed by atoms with Gasteiger partial charge >= 0.3 is 0 Å². The minimum absolute atomic E-state index is 0.106. The monoisotopic (exact) mass is 332 g/mol. The lowest BCUT2D eigenvalue weighted by Gasteiger charge is -2.40. The number of piperidine rings is 1. The van der Waals surface area contributed by atoms with E-state index in [4.69, 9.17) is 0 Å². The van der Waals surface area contributed by atoms with Gasteiger partial charge in [0.15, 0.2) is 0 Å². The highest BCUT2D eigenvalue weighted by Crippen LogP contribution is 2.28. The number of thiophene rings is 1. The Morgan fingerprint density at radius 2 is 2.17 bits per heavy atom. The van der Waals surface area contributed by atoms with Crippen molar-refractivity contribution in [3.63, 3.8) is 0 Å². The van der Waals surface area contributed by atoms with E-state index in [2.05, 4.69) is 31.9 Å². The molecule has 1 fully saturated rings. The summed E-state index contributed by atoms with van der Waals surface area (Å²) in [5.74, 6) is 0.106. The molecular formula is C15H20N6OS. The Kier molecular flexibility index (Phi) is 4.09. The van der Waals surface area contributed by atoms with Gasteiger partial charge in [-0.25, -0.2) is 4.68 Å². The fraction of sp³-hybridized carbons (Fsp3) is 0.600. The molecule has 23 heavy (non-hydrogen) atoms. The summed E-state index contributed by atoms with van der Waals surface area (Å²) in [5.41, 5.74) is 1.50. The van der Waals surface area contributed by atoms with Crippen LogP contribution in [0.15, 0.2) is 17.8 Å². The van der Waals surface area contributed by atoms with Crippen LogP contribution in [0.3, 0.4) is 0 Å². The van der Waals surface area contributed by atoms with Crippen LogP contribution >= 0.6 is 11.3 Å². The second-order valence-corrected chi connectivity index (χ2v) is 7.21. The number of carbonyl (C=O) groups is 1. The van der Waals surface area contributed by atoms with Crippen molar-refractivity contribution in [2.24, 2.45) is 0 Å². The first kappa shape index (κ1) is 14.8. The van der Waals surface area contributed by atoms with E-state index < -0.39 is 0 Å². The van der Waals surface area contributed by atoms with Gasteiger partial charge in [-0.3, -0.25) is 9.69 Å². The van der Waals surface area contributed by atoms with Crippen molar-refractivity contribution in [1.29, 1.82) is 0 Å². The summed E-state index contributed by atoms with van der Waals surface area (Å²) in [6.07, 6.45) is 4.77. The first-order chi connectivity index (χ1) is 11.3. The molecule has 0 N–H and O–H groups in total. The maximum absolute atomic E-state index is 12.3. The van der Waals surface area contributed by atoms with Crippen molar-refractivity contribution in [2.75, 3.05) is 19.6 Å². The number of likely N-dealkylation sites (tertiary alicyclic amines) is 1. The molecule has 4 heterocycles. The molecule has 0 unspecified atom stereocenters. The van der Waals surface area contributed by atoms with Crippen LogP contribution in [-0.2, 0) is 24.3 Å². The van der Waals surface area contributed by atoms with Crippen molar-refractivity contribution in [2.45, 2.75) is 38.4 Å². The first-order valence-corrected chi connectivity index (χ1v) is 8.95. The highest BCUT2D eigenvalue weighted by Gasteiger charge is 2.29. The minimum Gasteiger partial charge on any atom is -0.341 e. The predicted octanol–water partition coefficient (Wildman–Crippen LogP) is 0.784. The van der Waals surface area contributed by atoms with Crippen LogP contribution in [0.2, 0.25) is 0 Å². The van der Waals surface area contributed by atoms with Crippen LogP contribution in [0.1, 0.15) is 23.3 Å². The van der Waals surface area contributed by atoms with E-state index in [0.29, 0.717) is 6.04 Å². The van der Waals surface area contributed by atoms with E-state index in [1.165, 1.54) is 23.0 Å². The lowest BCUT2D eigenvalue weighted by atomic mass is 9.99. The third-order valence-corrected chi connectivity index (χ3v) is 5.88. The second kappa shape index (κ2) is 6.37. The minimum atomic E-state index is 0.106. The van der Waals surface area contributed by atoms with Crippen LogP contribution in [0.25, 0.3) is 0 Å². The number of tetrazole rings is 1.